The van der Waals surface area contributed by atoms with Crippen LogP contribution in [0.25, 0.3) is 0 Å². The second-order valence-corrected chi connectivity index (χ2v) is 3.24. The molecule has 0 aliphatic carbocycles. The Labute approximate surface area is 93.8 Å². The van der Waals surface area contributed by atoms with Crippen molar-refractivity contribution in [2.24, 2.45) is 5.73 Å². The predicted molar refractivity (Wildman–Crippen MR) is 60.0 cm³/mol. The van der Waals surface area contributed by atoms with Crippen molar-refractivity contribution in [1.82, 2.24) is 0 Å². The number of nitrogens with two attached hydrogens (primary N) is 1. The average Bonchev–Trinajstić information content (AvgIpc) is 2.29. The molecule has 1 atom stereocenters. The van der Waals surface area contributed by atoms with Gasteiger partial charge in [-0.05, 0) is 19.1 Å². The molecule has 1 aromatic carbocycles. The molecule has 0 fully saturated rings. The van der Waals surface area contributed by atoms with Gasteiger partial charge in [-0.15, -0.1) is 0 Å². The first-order valence-electron chi connectivity index (χ1n) is 4.79. The van der Waals surface area contributed by atoms with Crippen molar-refractivity contribution >= 4 is 17.7 Å². The predicted octanol–water partition coefficient (Wildman–Crippen LogP) is 1.13. The molecule has 0 bridgehead atoms. The third-order valence-electron chi connectivity index (χ3n) is 2.20. The molecule has 0 aromatic heterocycles. The van der Waals surface area contributed by atoms with Crippen LogP contribution in [0, 0.1) is 0 Å². The minimum absolute atomic E-state index is 0.511. The molecule has 5 nitrogen and oxygen atoms in total. The van der Waals surface area contributed by atoms with Crippen LogP contribution in [0.4, 0.5) is 10.5 Å². The maximum Gasteiger partial charge on any atom is 0.328 e. The Bertz CT molecular complexity index is 378. The molecular formula is C11H14N2O3. The minimum atomic E-state index is -0.745. The Hall–Kier alpha value is -2.04. The zero-order valence-corrected chi connectivity index (χ0v) is 9.21. The number of hydrogen-bond acceptors (Lipinski definition) is 3. The van der Waals surface area contributed by atoms with Crippen molar-refractivity contribution in [3.05, 3.63) is 30.3 Å². The lowest BCUT2D eigenvalue weighted by Crippen LogP contribution is -2.46. The summed E-state index contributed by atoms with van der Waals surface area (Å²) in [5, 5.41) is 0. The summed E-state index contributed by atoms with van der Waals surface area (Å²) in [6.45, 7) is 1.56. The van der Waals surface area contributed by atoms with Gasteiger partial charge in [0.1, 0.15) is 6.04 Å². The van der Waals surface area contributed by atoms with E-state index in [-0.39, 0.29) is 0 Å². The number of ether oxygens (including phenoxy) is 1. The van der Waals surface area contributed by atoms with Gasteiger partial charge in [-0.2, -0.15) is 0 Å². The topological polar surface area (TPSA) is 72.6 Å². The molecule has 5 heteroatoms. The SMILES string of the molecule is COC(=O)[C@H](C)N(C(N)=O)c1ccccc1. The number of carbonyl (C=O) groups excluding carboxylic acids is 2. The molecule has 2 amide bonds. The lowest BCUT2D eigenvalue weighted by molar-refractivity contribution is -0.141. The molecular weight excluding hydrogens is 208 g/mol. The number of anilines is 1. The number of nitrogens with zero attached hydrogens (tertiary/aromatic N) is 1. The zero-order valence-electron chi connectivity index (χ0n) is 9.21. The van der Waals surface area contributed by atoms with E-state index < -0.39 is 18.0 Å². The van der Waals surface area contributed by atoms with Gasteiger partial charge >= 0.3 is 12.0 Å². The number of methoxy groups -OCH3 is 1. The Morgan fingerprint density at radius 2 is 1.88 bits per heavy atom. The normalized spacial score (nSPS) is 11.6. The molecule has 0 spiro atoms. The highest BCUT2D eigenvalue weighted by molar-refractivity contribution is 5.97. The number of benzene rings is 1. The van der Waals surface area contributed by atoms with Gasteiger partial charge < -0.3 is 10.5 Å². The Balaban J connectivity index is 3.01. The maximum atomic E-state index is 11.4. The van der Waals surface area contributed by atoms with E-state index >= 15 is 0 Å². The maximum absolute atomic E-state index is 11.4. The fraction of sp³-hybridized carbons (Fsp3) is 0.273. The number of para-hydroxylation sites is 1. The van der Waals surface area contributed by atoms with Crippen LogP contribution in [0.15, 0.2) is 30.3 Å². The van der Waals surface area contributed by atoms with Gasteiger partial charge in [0.05, 0.1) is 7.11 Å². The molecule has 0 saturated carbocycles. The van der Waals surface area contributed by atoms with E-state index in [1.807, 2.05) is 6.07 Å². The second-order valence-electron chi connectivity index (χ2n) is 3.24. The number of urea groups is 1. The van der Waals surface area contributed by atoms with E-state index in [0.29, 0.717) is 5.69 Å². The summed E-state index contributed by atoms with van der Waals surface area (Å²) in [4.78, 5) is 23.8. The van der Waals surface area contributed by atoms with Crippen LogP contribution in [-0.2, 0) is 9.53 Å². The molecule has 86 valence electrons. The summed E-state index contributed by atoms with van der Waals surface area (Å²) >= 11 is 0. The Morgan fingerprint density at radius 3 is 2.31 bits per heavy atom. The molecule has 0 aliphatic heterocycles. The van der Waals surface area contributed by atoms with Crippen LogP contribution >= 0.6 is 0 Å². The van der Waals surface area contributed by atoms with Crippen molar-refractivity contribution in [3.8, 4) is 0 Å². The first-order valence-corrected chi connectivity index (χ1v) is 4.79. The summed E-state index contributed by atoms with van der Waals surface area (Å²) < 4.78 is 4.58. The van der Waals surface area contributed by atoms with Crippen molar-refractivity contribution in [2.45, 2.75) is 13.0 Å². The first-order chi connectivity index (χ1) is 7.57. The standard InChI is InChI=1S/C11H14N2O3/c1-8(10(14)16-2)13(11(12)15)9-6-4-3-5-7-9/h3-8H,1-2H3,(H2,12,15)/t8-/m0/s1. The van der Waals surface area contributed by atoms with E-state index in [2.05, 4.69) is 4.74 Å². The van der Waals surface area contributed by atoms with Crippen molar-refractivity contribution in [2.75, 3.05) is 12.0 Å². The number of esters is 1. The molecule has 0 aliphatic rings. The second kappa shape index (κ2) is 5.16. The summed E-state index contributed by atoms with van der Waals surface area (Å²) in [7, 11) is 1.27. The molecule has 0 radical (unpaired) electrons. The number of amides is 2. The van der Waals surface area contributed by atoms with Gasteiger partial charge in [-0.1, -0.05) is 18.2 Å². The van der Waals surface area contributed by atoms with Crippen LogP contribution in [0.5, 0.6) is 0 Å². The van der Waals surface area contributed by atoms with E-state index in [1.165, 1.54) is 12.0 Å². The fourth-order valence-electron chi connectivity index (χ4n) is 1.41. The summed E-state index contributed by atoms with van der Waals surface area (Å²) in [5.41, 5.74) is 5.80. The zero-order chi connectivity index (χ0) is 12.1. The van der Waals surface area contributed by atoms with Gasteiger partial charge in [0.2, 0.25) is 0 Å². The molecule has 1 aromatic rings. The van der Waals surface area contributed by atoms with Crippen molar-refractivity contribution in [3.63, 3.8) is 0 Å². The number of primary amides is 1. The number of carbonyl (C=O) groups is 2. The van der Waals surface area contributed by atoms with E-state index in [9.17, 15) is 9.59 Å². The first kappa shape index (κ1) is 12.0. The number of rotatable bonds is 3. The summed E-state index contributed by atoms with van der Waals surface area (Å²) in [6.07, 6.45) is 0. The molecule has 0 unspecified atom stereocenters. The third kappa shape index (κ3) is 2.50. The quantitative estimate of drug-likeness (QED) is 0.779. The van der Waals surface area contributed by atoms with Gasteiger partial charge in [0, 0.05) is 5.69 Å². The monoisotopic (exact) mass is 222 g/mol. The minimum Gasteiger partial charge on any atom is -0.467 e. The summed E-state index contributed by atoms with van der Waals surface area (Å²) in [6, 6.07) is 7.29. The molecule has 16 heavy (non-hydrogen) atoms. The van der Waals surface area contributed by atoms with Crippen LogP contribution < -0.4 is 10.6 Å². The van der Waals surface area contributed by atoms with Crippen molar-refractivity contribution < 1.29 is 14.3 Å². The fourth-order valence-corrected chi connectivity index (χ4v) is 1.41. The van der Waals surface area contributed by atoms with E-state index in [4.69, 9.17) is 5.73 Å². The largest absolute Gasteiger partial charge is 0.467 e. The van der Waals surface area contributed by atoms with Crippen LogP contribution in [0.1, 0.15) is 6.92 Å². The summed E-state index contributed by atoms with van der Waals surface area (Å²) in [5.74, 6) is -0.511. The lowest BCUT2D eigenvalue weighted by atomic mass is 10.2. The van der Waals surface area contributed by atoms with Crippen LogP contribution in [-0.4, -0.2) is 25.2 Å². The van der Waals surface area contributed by atoms with Gasteiger partial charge in [-0.3, -0.25) is 4.90 Å². The Kier molecular flexibility index (Phi) is 3.88. The van der Waals surface area contributed by atoms with Gasteiger partial charge in [0.15, 0.2) is 0 Å². The van der Waals surface area contributed by atoms with Crippen LogP contribution in [0.3, 0.4) is 0 Å². The average molecular weight is 222 g/mol. The third-order valence-corrected chi connectivity index (χ3v) is 2.20. The van der Waals surface area contributed by atoms with Crippen molar-refractivity contribution in [1.29, 1.82) is 0 Å². The Morgan fingerprint density at radius 1 is 1.31 bits per heavy atom. The molecule has 2 N–H and O–H groups in total. The van der Waals surface area contributed by atoms with Gasteiger partial charge in [0.25, 0.3) is 0 Å². The van der Waals surface area contributed by atoms with Crippen LogP contribution in [0.2, 0.25) is 0 Å². The van der Waals surface area contributed by atoms with E-state index in [0.717, 1.165) is 0 Å². The molecule has 1 rings (SSSR count). The number of hydrogen-bond donors (Lipinski definition) is 1. The molecule has 0 heterocycles. The highest BCUT2D eigenvalue weighted by Crippen LogP contribution is 2.16. The highest BCUT2D eigenvalue weighted by Gasteiger charge is 2.26. The molecule has 0 saturated heterocycles. The lowest BCUT2D eigenvalue weighted by Gasteiger charge is -2.25. The highest BCUT2D eigenvalue weighted by atomic mass is 16.5. The van der Waals surface area contributed by atoms with Gasteiger partial charge in [-0.25, -0.2) is 9.59 Å². The van der Waals surface area contributed by atoms with E-state index in [1.54, 1.807) is 31.2 Å². The smallest absolute Gasteiger partial charge is 0.328 e.